The Bertz CT molecular complexity index is 406. The van der Waals surface area contributed by atoms with Gasteiger partial charge in [0.1, 0.15) is 0 Å². The van der Waals surface area contributed by atoms with Crippen LogP contribution in [0.3, 0.4) is 0 Å². The molecule has 88 valence electrons. The zero-order chi connectivity index (χ0) is 11.7. The van der Waals surface area contributed by atoms with E-state index in [1.165, 1.54) is 16.2 Å². The van der Waals surface area contributed by atoms with Crippen LogP contribution >= 0.6 is 11.3 Å². The van der Waals surface area contributed by atoms with Crippen molar-refractivity contribution in [2.45, 2.75) is 39.3 Å². The minimum atomic E-state index is -1.05. The largest absolute Gasteiger partial charge is 1.00 e. The van der Waals surface area contributed by atoms with E-state index in [1.807, 2.05) is 0 Å². The summed E-state index contributed by atoms with van der Waals surface area (Å²) in [6.07, 6.45) is 0.871. The van der Waals surface area contributed by atoms with Gasteiger partial charge in [0.25, 0.3) is 0 Å². The van der Waals surface area contributed by atoms with E-state index in [2.05, 4.69) is 23.7 Å². The van der Waals surface area contributed by atoms with E-state index < -0.39 is 5.97 Å². The molecule has 4 nitrogen and oxygen atoms in total. The maximum Gasteiger partial charge on any atom is 1.00 e. The average molecular weight is 246 g/mol. The van der Waals surface area contributed by atoms with Crippen molar-refractivity contribution in [3.05, 3.63) is 15.6 Å². The van der Waals surface area contributed by atoms with Crippen LogP contribution in [0.2, 0.25) is 0 Å². The first-order chi connectivity index (χ1) is 7.56. The molecule has 0 saturated heterocycles. The third kappa shape index (κ3) is 3.56. The number of fused-ring (bicyclic) bond motifs is 1. The number of carboxylic acids is 1. The molecule has 0 saturated carbocycles. The van der Waals surface area contributed by atoms with Crippen LogP contribution in [0.4, 0.5) is 0 Å². The second-order valence-electron chi connectivity index (χ2n) is 4.34. The SMILES string of the molecule is CC(C)N1CCc2nc(CC(=O)[O-])sc2C1.[Li+]. The number of hydrogen-bond acceptors (Lipinski definition) is 5. The van der Waals surface area contributed by atoms with Gasteiger partial charge in [0.15, 0.2) is 0 Å². The molecular formula is C11H15LiN2O2S. The van der Waals surface area contributed by atoms with Gasteiger partial charge in [0, 0.05) is 42.8 Å². The zero-order valence-electron chi connectivity index (χ0n) is 10.5. The number of rotatable bonds is 3. The molecule has 0 aliphatic carbocycles. The van der Waals surface area contributed by atoms with Crippen molar-refractivity contribution in [1.82, 2.24) is 9.88 Å². The first kappa shape index (κ1) is 14.7. The van der Waals surface area contributed by atoms with E-state index in [-0.39, 0.29) is 25.3 Å². The molecule has 2 heterocycles. The van der Waals surface area contributed by atoms with Crippen LogP contribution < -0.4 is 24.0 Å². The number of carbonyl (C=O) groups is 1. The van der Waals surface area contributed by atoms with Crippen LogP contribution in [0.5, 0.6) is 0 Å². The Balaban J connectivity index is 0.00000144. The van der Waals surface area contributed by atoms with Crippen molar-refractivity contribution >= 4 is 17.3 Å². The van der Waals surface area contributed by atoms with Crippen LogP contribution in [-0.4, -0.2) is 28.4 Å². The van der Waals surface area contributed by atoms with Crippen LogP contribution in [0.25, 0.3) is 0 Å². The Labute approximate surface area is 117 Å². The Hall–Kier alpha value is -0.343. The maximum absolute atomic E-state index is 10.5. The normalized spacial score (nSPS) is 15.5. The minimum Gasteiger partial charge on any atom is -0.550 e. The first-order valence-electron chi connectivity index (χ1n) is 5.47. The number of aromatic nitrogens is 1. The molecule has 1 aliphatic rings. The van der Waals surface area contributed by atoms with Crippen LogP contribution in [0.1, 0.15) is 29.4 Å². The molecule has 0 amide bonds. The van der Waals surface area contributed by atoms with Gasteiger partial charge in [-0.3, -0.25) is 4.90 Å². The first-order valence-corrected chi connectivity index (χ1v) is 6.29. The molecule has 1 aromatic heterocycles. The van der Waals surface area contributed by atoms with Gasteiger partial charge < -0.3 is 9.90 Å². The number of carboxylic acid groups (broad SMARTS) is 1. The molecule has 1 aromatic rings. The molecule has 6 heteroatoms. The topological polar surface area (TPSA) is 56.3 Å². The molecule has 17 heavy (non-hydrogen) atoms. The van der Waals surface area contributed by atoms with E-state index in [0.717, 1.165) is 25.2 Å². The molecular weight excluding hydrogens is 231 g/mol. The minimum absolute atomic E-state index is 0. The van der Waals surface area contributed by atoms with Crippen molar-refractivity contribution < 1.29 is 28.8 Å². The van der Waals surface area contributed by atoms with E-state index >= 15 is 0 Å². The van der Waals surface area contributed by atoms with Crippen molar-refractivity contribution in [3.8, 4) is 0 Å². The average Bonchev–Trinajstić information content (AvgIpc) is 2.56. The summed E-state index contributed by atoms with van der Waals surface area (Å²) in [5.41, 5.74) is 1.08. The van der Waals surface area contributed by atoms with E-state index in [0.29, 0.717) is 11.0 Å². The summed E-state index contributed by atoms with van der Waals surface area (Å²) in [6.45, 7) is 6.26. The summed E-state index contributed by atoms with van der Waals surface area (Å²) in [5.74, 6) is -1.05. The standard InChI is InChI=1S/C11H16N2O2S.Li/c1-7(2)13-4-3-8-9(6-13)16-10(12-8)5-11(14)15;/h7H,3-6H2,1-2H3,(H,14,15);/q;+1/p-1. The van der Waals surface area contributed by atoms with Gasteiger partial charge in [0.2, 0.25) is 0 Å². The smallest absolute Gasteiger partial charge is 0.550 e. The molecule has 1 aliphatic heterocycles. The second-order valence-corrected chi connectivity index (χ2v) is 5.51. The quantitative estimate of drug-likeness (QED) is 0.541. The Kier molecular flexibility index (Phi) is 5.20. The van der Waals surface area contributed by atoms with Crippen molar-refractivity contribution in [2.24, 2.45) is 0 Å². The molecule has 0 unspecified atom stereocenters. The molecule has 0 fully saturated rings. The number of carbonyl (C=O) groups excluding carboxylic acids is 1. The second kappa shape index (κ2) is 6.01. The monoisotopic (exact) mass is 246 g/mol. The van der Waals surface area contributed by atoms with Crippen molar-refractivity contribution in [3.63, 3.8) is 0 Å². The fraction of sp³-hybridized carbons (Fsp3) is 0.636. The van der Waals surface area contributed by atoms with Gasteiger partial charge in [-0.05, 0) is 13.8 Å². The third-order valence-electron chi connectivity index (χ3n) is 2.83. The Morgan fingerprint density at radius 3 is 2.88 bits per heavy atom. The van der Waals surface area contributed by atoms with Gasteiger partial charge in [-0.15, -0.1) is 11.3 Å². The number of thiazole rings is 1. The van der Waals surface area contributed by atoms with Crippen LogP contribution in [0.15, 0.2) is 0 Å². The van der Waals surface area contributed by atoms with Gasteiger partial charge in [-0.25, -0.2) is 4.98 Å². The summed E-state index contributed by atoms with van der Waals surface area (Å²) in [5, 5.41) is 11.2. The molecule has 0 atom stereocenters. The Morgan fingerprint density at radius 2 is 2.29 bits per heavy atom. The summed E-state index contributed by atoms with van der Waals surface area (Å²) in [4.78, 5) is 18.5. The maximum atomic E-state index is 10.5. The van der Waals surface area contributed by atoms with Gasteiger partial charge in [0.05, 0.1) is 10.7 Å². The fourth-order valence-electron chi connectivity index (χ4n) is 1.91. The van der Waals surface area contributed by atoms with Crippen LogP contribution in [0, 0.1) is 0 Å². The van der Waals surface area contributed by atoms with Gasteiger partial charge in [-0.2, -0.15) is 0 Å². The van der Waals surface area contributed by atoms with Gasteiger partial charge >= 0.3 is 18.9 Å². The molecule has 0 radical (unpaired) electrons. The van der Waals surface area contributed by atoms with Crippen LogP contribution in [-0.2, 0) is 24.2 Å². The Morgan fingerprint density at radius 1 is 1.59 bits per heavy atom. The molecule has 0 N–H and O–H groups in total. The van der Waals surface area contributed by atoms with Crippen molar-refractivity contribution in [1.29, 1.82) is 0 Å². The summed E-state index contributed by atoms with van der Waals surface area (Å²) in [7, 11) is 0. The number of hydrogen-bond donors (Lipinski definition) is 0. The van der Waals surface area contributed by atoms with E-state index in [4.69, 9.17) is 0 Å². The number of aliphatic carboxylic acids is 1. The van der Waals surface area contributed by atoms with Gasteiger partial charge in [-0.1, -0.05) is 0 Å². The molecule has 2 rings (SSSR count). The molecule has 0 spiro atoms. The summed E-state index contributed by atoms with van der Waals surface area (Å²) in [6, 6.07) is 0.528. The molecule has 0 aromatic carbocycles. The molecule has 0 bridgehead atoms. The third-order valence-corrected chi connectivity index (χ3v) is 3.91. The predicted molar refractivity (Wildman–Crippen MR) is 60.1 cm³/mol. The van der Waals surface area contributed by atoms with E-state index in [1.54, 1.807) is 0 Å². The van der Waals surface area contributed by atoms with E-state index in [9.17, 15) is 9.90 Å². The fourth-order valence-corrected chi connectivity index (χ4v) is 3.03. The summed E-state index contributed by atoms with van der Waals surface area (Å²) < 4.78 is 0. The van der Waals surface area contributed by atoms with Crippen molar-refractivity contribution in [2.75, 3.05) is 6.54 Å². The predicted octanol–water partition coefficient (Wildman–Crippen LogP) is -2.79. The number of nitrogens with zero attached hydrogens (tertiary/aromatic N) is 2. The summed E-state index contributed by atoms with van der Waals surface area (Å²) >= 11 is 1.51. The zero-order valence-corrected chi connectivity index (χ0v) is 11.3.